The van der Waals surface area contributed by atoms with E-state index in [1.807, 2.05) is 99.6 Å². The van der Waals surface area contributed by atoms with E-state index in [0.717, 1.165) is 105 Å². The van der Waals surface area contributed by atoms with E-state index in [1.165, 1.54) is 56.1 Å². The number of methoxy groups -OCH3 is 1. The summed E-state index contributed by atoms with van der Waals surface area (Å²) in [7, 11) is 1.57. The highest BCUT2D eigenvalue weighted by Gasteiger charge is 2.47. The van der Waals surface area contributed by atoms with Crippen molar-refractivity contribution in [1.82, 2.24) is 58.2 Å². The van der Waals surface area contributed by atoms with Gasteiger partial charge in [0.1, 0.15) is 99.6 Å². The molecule has 4 fully saturated rings. The average Bonchev–Trinajstić information content (AvgIpc) is 1.69. The second-order valence-corrected chi connectivity index (χ2v) is 25.3. The van der Waals surface area contributed by atoms with E-state index < -0.39 is 35.5 Å². The maximum absolute atomic E-state index is 14.9. The van der Waals surface area contributed by atoms with Crippen LogP contribution in [0.2, 0.25) is 10.0 Å². The molecule has 4 aliphatic heterocycles. The molecule has 10 aromatic rings. The number of halogens is 4. The van der Waals surface area contributed by atoms with Gasteiger partial charge in [-0.25, -0.2) is 51.5 Å². The number of benzene rings is 6. The second kappa shape index (κ2) is 30.3. The second-order valence-electron chi connectivity index (χ2n) is 24.4. The number of piperazine rings is 2. The Hall–Kier alpha value is -9.48. The lowest BCUT2D eigenvalue weighted by molar-refractivity contribution is -0.192. The summed E-state index contributed by atoms with van der Waals surface area (Å²) >= 11 is 12.7. The van der Waals surface area contributed by atoms with E-state index in [-0.39, 0.29) is 55.4 Å². The molecule has 14 rings (SSSR count). The van der Waals surface area contributed by atoms with Gasteiger partial charge < -0.3 is 52.8 Å². The average molecular weight is 1390 g/mol. The molecule has 29 heteroatoms. The lowest BCUT2D eigenvalue weighted by Crippen LogP contribution is -2.46. The molecular formula is C70H76Cl2F2N16O9. The van der Waals surface area contributed by atoms with Gasteiger partial charge in [-0.15, -0.1) is 0 Å². The van der Waals surface area contributed by atoms with Crippen molar-refractivity contribution in [2.75, 3.05) is 105 Å². The minimum Gasteiger partial charge on any atom is -0.491 e. The van der Waals surface area contributed by atoms with Gasteiger partial charge in [0.25, 0.3) is 0 Å². The number of ether oxygens (including phenoxy) is 7. The maximum atomic E-state index is 14.9. The predicted octanol–water partition coefficient (Wildman–Crippen LogP) is 9.71. The van der Waals surface area contributed by atoms with Crippen molar-refractivity contribution in [2.45, 2.75) is 82.8 Å². The Morgan fingerprint density at radius 3 is 1.36 bits per heavy atom. The highest BCUT2D eigenvalue weighted by molar-refractivity contribution is 6.35. The molecule has 0 bridgehead atoms. The molecule has 0 spiro atoms. The van der Waals surface area contributed by atoms with Gasteiger partial charge in [0.15, 0.2) is 6.23 Å². The highest BCUT2D eigenvalue weighted by Crippen LogP contribution is 2.42. The first-order valence-electron chi connectivity index (χ1n) is 32.9. The fourth-order valence-electron chi connectivity index (χ4n) is 12.6. The van der Waals surface area contributed by atoms with E-state index >= 15 is 0 Å². The van der Waals surface area contributed by atoms with Crippen molar-refractivity contribution in [3.8, 4) is 22.9 Å². The van der Waals surface area contributed by atoms with Crippen molar-refractivity contribution >= 4 is 46.0 Å². The lowest BCUT2D eigenvalue weighted by Gasteiger charge is -2.37. The van der Waals surface area contributed by atoms with Crippen LogP contribution < -0.4 is 40.5 Å². The van der Waals surface area contributed by atoms with Crippen LogP contribution in [-0.2, 0) is 48.3 Å². The van der Waals surface area contributed by atoms with Crippen molar-refractivity contribution in [3.05, 3.63) is 225 Å². The molecule has 0 amide bonds. The fraction of sp³-hybridized carbons (Fsp3) is 0.371. The molecule has 6 unspecified atom stereocenters. The Morgan fingerprint density at radius 2 is 0.949 bits per heavy atom. The minimum atomic E-state index is -1.51. The zero-order valence-corrected chi connectivity index (χ0v) is 56.6. The highest BCUT2D eigenvalue weighted by atomic mass is 35.5. The molecule has 0 N–H and O–H groups in total. The van der Waals surface area contributed by atoms with Gasteiger partial charge in [-0.3, -0.25) is 0 Å². The lowest BCUT2D eigenvalue weighted by atomic mass is 10.0. The van der Waals surface area contributed by atoms with E-state index in [1.54, 1.807) is 41.1 Å². The van der Waals surface area contributed by atoms with E-state index in [2.05, 4.69) is 74.2 Å². The number of nitrogens with zero attached hydrogens (tertiary/aromatic N) is 16. The van der Waals surface area contributed by atoms with Crippen molar-refractivity contribution in [2.24, 2.45) is 0 Å². The van der Waals surface area contributed by atoms with Crippen LogP contribution >= 0.6 is 23.2 Å². The van der Waals surface area contributed by atoms with Crippen molar-refractivity contribution < 1.29 is 41.9 Å². The van der Waals surface area contributed by atoms with Crippen LogP contribution in [0.3, 0.4) is 0 Å². The number of anilines is 4. The summed E-state index contributed by atoms with van der Waals surface area (Å²) in [5.41, 5.74) is 6.40. The molecule has 4 saturated heterocycles. The largest absolute Gasteiger partial charge is 0.491 e. The van der Waals surface area contributed by atoms with Gasteiger partial charge in [0.05, 0.1) is 35.7 Å². The third kappa shape index (κ3) is 15.2. The standard InChI is InChI=1S/C35H38Cl2N8O4.C35H38F2N8O5/c1-3-25(2)45-34(46)44(24-40-45)29-7-5-27(6-8-29)41-14-16-42(17-15-41)28-9-11-30(12-10-28)47-19-31-20-48-35(49-31,21-43-23-38-22-39-43)32-13-4-26(36)18-33(32)37;1-3-33(47-2)45-34(46)44(24-40-45)28-7-5-26(6-8-28)41-14-16-42(17-15-41)27-9-11-29(12-10-27)48-19-30-20-49-35(50-30,21-43-23-38-22-39-43)31-13-4-25(36)18-32(31)37/h4-13,18,22-25,31H,3,14-17,19-21H2,1-2H3;4-13,18,22-24,30,33H,3,14-17,19-21H2,1-2H3. The Balaban J connectivity index is 0.000000178. The quantitative estimate of drug-likeness (QED) is 0.0582. The molecule has 8 heterocycles. The zero-order chi connectivity index (χ0) is 68.6. The molecule has 518 valence electrons. The number of hydrogen-bond donors (Lipinski definition) is 0. The Kier molecular flexibility index (Phi) is 20.9. The van der Waals surface area contributed by atoms with Crippen LogP contribution in [0.5, 0.6) is 11.5 Å². The van der Waals surface area contributed by atoms with Gasteiger partial charge in [0, 0.05) is 104 Å². The van der Waals surface area contributed by atoms with E-state index in [4.69, 9.17) is 56.4 Å². The Morgan fingerprint density at radius 1 is 0.525 bits per heavy atom. The molecule has 0 saturated carbocycles. The zero-order valence-electron chi connectivity index (χ0n) is 55.1. The molecule has 25 nitrogen and oxygen atoms in total. The first kappa shape index (κ1) is 68.1. The van der Waals surface area contributed by atoms with Gasteiger partial charge in [-0.2, -0.15) is 25.1 Å². The van der Waals surface area contributed by atoms with Crippen molar-refractivity contribution in [3.63, 3.8) is 0 Å². The first-order valence-corrected chi connectivity index (χ1v) is 33.6. The van der Waals surface area contributed by atoms with Gasteiger partial charge in [0.2, 0.25) is 11.6 Å². The van der Waals surface area contributed by atoms with E-state index in [9.17, 15) is 18.4 Å². The fourth-order valence-corrected chi connectivity index (χ4v) is 13.2. The number of rotatable bonds is 23. The SMILES string of the molecule is CCC(C)n1ncn(-c2ccc(N3CCN(c4ccc(OCC5COC(Cn6cncn6)(c6ccc(Cl)cc6Cl)O5)cc4)CC3)cc2)c1=O.CCC(OC)n1ncn(-c2ccc(N3CCN(c4ccc(OCC5COC(Cn6cncn6)(c6ccc(F)cc6F)O5)cc4)CC3)cc2)c1=O. The third-order valence-corrected chi connectivity index (χ3v) is 18.7. The topological polar surface area (TPSA) is 219 Å². The summed E-state index contributed by atoms with van der Waals surface area (Å²) in [6.07, 6.45) is 9.29. The van der Waals surface area contributed by atoms with Crippen LogP contribution in [0.1, 0.15) is 57.0 Å². The summed E-state index contributed by atoms with van der Waals surface area (Å²) in [6, 6.07) is 40.7. The van der Waals surface area contributed by atoms with Gasteiger partial charge >= 0.3 is 11.4 Å². The van der Waals surface area contributed by atoms with Crippen LogP contribution in [0.15, 0.2) is 181 Å². The molecule has 99 heavy (non-hydrogen) atoms. The normalized spacial score (nSPS) is 20.0. The molecule has 0 radical (unpaired) electrons. The number of aromatic nitrogens is 12. The summed E-state index contributed by atoms with van der Waals surface area (Å²) in [5.74, 6) is -2.72. The smallest absolute Gasteiger partial charge is 0.352 e. The molecule has 0 aliphatic carbocycles. The predicted molar refractivity (Wildman–Crippen MR) is 368 cm³/mol. The summed E-state index contributed by atoms with van der Waals surface area (Å²) < 4.78 is 80.2. The number of hydrogen-bond acceptors (Lipinski definition) is 19. The first-order chi connectivity index (χ1) is 48.2. The van der Waals surface area contributed by atoms with Crippen molar-refractivity contribution in [1.29, 1.82) is 0 Å². The maximum Gasteiger partial charge on any atom is 0.352 e. The van der Waals surface area contributed by atoms with Gasteiger partial charge in [-0.1, -0.05) is 43.1 Å². The van der Waals surface area contributed by atoms with Crippen LogP contribution in [0, 0.1) is 11.6 Å². The molecule has 6 atom stereocenters. The Bertz CT molecular complexity index is 4400. The van der Waals surface area contributed by atoms with Gasteiger partial charge in [-0.05, 0) is 141 Å². The monoisotopic (exact) mass is 1390 g/mol. The Labute approximate surface area is 579 Å². The third-order valence-electron chi connectivity index (χ3n) is 18.2. The van der Waals surface area contributed by atoms with Crippen LogP contribution in [-0.4, -0.2) is 156 Å². The summed E-state index contributed by atoms with van der Waals surface area (Å²) in [4.78, 5) is 43.1. The molecule has 4 aromatic heterocycles. The molecular weight excluding hydrogens is 1320 g/mol. The van der Waals surface area contributed by atoms with Crippen LogP contribution in [0.25, 0.3) is 11.4 Å². The minimum absolute atomic E-state index is 0.0297. The summed E-state index contributed by atoms with van der Waals surface area (Å²) in [6.45, 7) is 14.1. The molecule has 6 aromatic carbocycles. The molecule has 4 aliphatic rings. The van der Waals surface area contributed by atoms with E-state index in [0.29, 0.717) is 41.0 Å². The van der Waals surface area contributed by atoms with Crippen LogP contribution in [0.4, 0.5) is 31.5 Å². The summed E-state index contributed by atoms with van der Waals surface area (Å²) in [5, 5.41) is 17.8.